The Bertz CT molecular complexity index is 773. The van der Waals surface area contributed by atoms with Crippen molar-refractivity contribution in [3.05, 3.63) is 64.6 Å². The molecule has 6 heteroatoms. The summed E-state index contributed by atoms with van der Waals surface area (Å²) in [4.78, 5) is 11.8. The van der Waals surface area contributed by atoms with Gasteiger partial charge in [-0.25, -0.2) is 5.43 Å². The van der Waals surface area contributed by atoms with E-state index < -0.39 is 0 Å². The number of halogens is 1. The normalized spacial score (nSPS) is 11.4. The molecule has 0 aromatic heterocycles. The van der Waals surface area contributed by atoms with Crippen molar-refractivity contribution in [3.63, 3.8) is 0 Å². The topological polar surface area (TPSA) is 59.9 Å². The molecule has 0 unspecified atom stereocenters. The minimum absolute atomic E-state index is 0.135. The maximum atomic E-state index is 11.8. The van der Waals surface area contributed by atoms with Gasteiger partial charge < -0.3 is 9.47 Å². The Morgan fingerprint density at radius 2 is 2.00 bits per heavy atom. The van der Waals surface area contributed by atoms with E-state index >= 15 is 0 Å². The highest BCUT2D eigenvalue weighted by Crippen LogP contribution is 2.28. The maximum Gasteiger partial charge on any atom is 0.277 e. The fourth-order valence-corrected chi connectivity index (χ4v) is 2.34. The average Bonchev–Trinajstić information content (AvgIpc) is 2.64. The Morgan fingerprint density at radius 1 is 1.24 bits per heavy atom. The number of nitrogens with one attached hydrogen (secondary N) is 1. The van der Waals surface area contributed by atoms with Gasteiger partial charge in [-0.2, -0.15) is 5.10 Å². The molecule has 0 aliphatic carbocycles. The van der Waals surface area contributed by atoms with Crippen LogP contribution in [0, 0.1) is 0 Å². The lowest BCUT2D eigenvalue weighted by Gasteiger charge is -2.08. The first-order valence-electron chi connectivity index (χ1n) is 7.61. The summed E-state index contributed by atoms with van der Waals surface area (Å²) in [6.45, 7) is 1.67. The second-order valence-corrected chi connectivity index (χ2v) is 5.97. The Morgan fingerprint density at radius 3 is 2.68 bits per heavy atom. The summed E-state index contributed by atoms with van der Waals surface area (Å²) >= 11 is 3.37. The summed E-state index contributed by atoms with van der Waals surface area (Å²) in [6.07, 6.45) is 3.76. The molecule has 2 aromatic carbocycles. The monoisotopic (exact) mass is 402 g/mol. The smallest absolute Gasteiger partial charge is 0.277 e. The molecule has 25 heavy (non-hydrogen) atoms. The maximum absolute atomic E-state index is 11.8. The van der Waals surface area contributed by atoms with Gasteiger partial charge in [0.1, 0.15) is 11.5 Å². The van der Waals surface area contributed by atoms with Crippen molar-refractivity contribution in [2.45, 2.75) is 6.92 Å². The molecule has 0 aliphatic heterocycles. The van der Waals surface area contributed by atoms with Gasteiger partial charge in [0.15, 0.2) is 6.61 Å². The molecule has 0 fully saturated rings. The minimum Gasteiger partial charge on any atom is -0.497 e. The summed E-state index contributed by atoms with van der Waals surface area (Å²) in [5, 5.41) is 4.02. The first-order chi connectivity index (χ1) is 12.1. The number of carbonyl (C=O) groups excluding carboxylic acids is 1. The summed E-state index contributed by atoms with van der Waals surface area (Å²) in [5.41, 5.74) is 4.21. The predicted molar refractivity (Wildman–Crippen MR) is 103 cm³/mol. The van der Waals surface area contributed by atoms with E-state index in [1.165, 1.54) is 0 Å². The van der Waals surface area contributed by atoms with Crippen LogP contribution in [0.3, 0.4) is 0 Å². The van der Waals surface area contributed by atoms with Crippen molar-refractivity contribution in [1.82, 2.24) is 5.43 Å². The van der Waals surface area contributed by atoms with E-state index in [9.17, 15) is 4.79 Å². The number of benzene rings is 2. The molecule has 0 spiro atoms. The molecule has 2 rings (SSSR count). The van der Waals surface area contributed by atoms with Gasteiger partial charge in [0, 0.05) is 0 Å². The summed E-state index contributed by atoms with van der Waals surface area (Å²) < 4.78 is 11.3. The third kappa shape index (κ3) is 6.43. The van der Waals surface area contributed by atoms with Crippen molar-refractivity contribution in [3.8, 4) is 11.5 Å². The SMILES string of the molecule is COc1ccc(OCC(=O)NN=C(C)C=Cc2ccccc2)c(Br)c1. The van der Waals surface area contributed by atoms with Crippen molar-refractivity contribution < 1.29 is 14.3 Å². The van der Waals surface area contributed by atoms with Gasteiger partial charge in [-0.1, -0.05) is 36.4 Å². The zero-order valence-corrected chi connectivity index (χ0v) is 15.6. The van der Waals surface area contributed by atoms with E-state index in [0.717, 1.165) is 5.56 Å². The van der Waals surface area contributed by atoms with Gasteiger partial charge in [0.25, 0.3) is 5.91 Å². The highest BCUT2D eigenvalue weighted by Gasteiger charge is 2.06. The number of carbonyl (C=O) groups is 1. The fourth-order valence-electron chi connectivity index (χ4n) is 1.87. The predicted octanol–water partition coefficient (Wildman–Crippen LogP) is 4.04. The van der Waals surface area contributed by atoms with Gasteiger partial charge in [-0.3, -0.25) is 4.79 Å². The molecule has 0 saturated heterocycles. The van der Waals surface area contributed by atoms with Crippen LogP contribution in [0.4, 0.5) is 0 Å². The van der Waals surface area contributed by atoms with Gasteiger partial charge in [0.05, 0.1) is 17.3 Å². The number of hydrazone groups is 1. The highest BCUT2D eigenvalue weighted by atomic mass is 79.9. The lowest BCUT2D eigenvalue weighted by Crippen LogP contribution is -2.25. The fraction of sp³-hybridized carbons (Fsp3) is 0.158. The van der Waals surface area contributed by atoms with Crippen LogP contribution in [0.5, 0.6) is 11.5 Å². The van der Waals surface area contributed by atoms with Crippen LogP contribution in [-0.2, 0) is 4.79 Å². The summed E-state index contributed by atoms with van der Waals surface area (Å²) in [5.74, 6) is 0.921. The van der Waals surface area contributed by atoms with Crippen LogP contribution in [0.2, 0.25) is 0 Å². The van der Waals surface area contributed by atoms with E-state index in [2.05, 4.69) is 26.5 Å². The first-order valence-corrected chi connectivity index (χ1v) is 8.40. The zero-order chi connectivity index (χ0) is 18.1. The van der Waals surface area contributed by atoms with Gasteiger partial charge >= 0.3 is 0 Å². The standard InChI is InChI=1S/C19H19BrN2O3/c1-14(8-9-15-6-4-3-5-7-15)21-22-19(23)13-25-18-11-10-16(24-2)12-17(18)20/h3-12H,13H2,1-2H3,(H,22,23). The molecule has 0 aliphatic rings. The quantitative estimate of drug-likeness (QED) is 0.561. The number of ether oxygens (including phenoxy) is 2. The molecule has 1 amide bonds. The number of hydrogen-bond donors (Lipinski definition) is 1. The molecule has 0 radical (unpaired) electrons. The lowest BCUT2D eigenvalue weighted by atomic mass is 10.2. The number of allylic oxidation sites excluding steroid dienone is 1. The first kappa shape index (κ1) is 18.7. The van der Waals surface area contributed by atoms with Crippen LogP contribution in [-0.4, -0.2) is 25.3 Å². The van der Waals surface area contributed by atoms with Crippen molar-refractivity contribution in [2.75, 3.05) is 13.7 Å². The average molecular weight is 403 g/mol. The van der Waals surface area contributed by atoms with E-state index in [-0.39, 0.29) is 12.5 Å². The third-order valence-corrected chi connectivity index (χ3v) is 3.79. The molecule has 1 N–H and O–H groups in total. The summed E-state index contributed by atoms with van der Waals surface area (Å²) in [6, 6.07) is 15.1. The molecule has 0 heterocycles. The molecular weight excluding hydrogens is 384 g/mol. The third-order valence-electron chi connectivity index (χ3n) is 3.17. The van der Waals surface area contributed by atoms with Crippen molar-refractivity contribution in [1.29, 1.82) is 0 Å². The lowest BCUT2D eigenvalue weighted by molar-refractivity contribution is -0.123. The van der Waals surface area contributed by atoms with E-state index in [4.69, 9.17) is 9.47 Å². The number of nitrogens with zero attached hydrogens (tertiary/aromatic N) is 1. The van der Waals surface area contributed by atoms with Crippen LogP contribution in [0.1, 0.15) is 12.5 Å². The second kappa shape index (κ2) is 9.64. The molecule has 5 nitrogen and oxygen atoms in total. The van der Waals surface area contributed by atoms with Crippen molar-refractivity contribution >= 4 is 33.6 Å². The van der Waals surface area contributed by atoms with E-state index in [1.54, 1.807) is 32.2 Å². The Labute approximate surface area is 155 Å². The molecule has 0 saturated carbocycles. The van der Waals surface area contributed by atoms with Gasteiger partial charge in [0.2, 0.25) is 0 Å². The Balaban J connectivity index is 1.82. The summed E-state index contributed by atoms with van der Waals surface area (Å²) in [7, 11) is 1.59. The second-order valence-electron chi connectivity index (χ2n) is 5.12. The molecule has 0 atom stereocenters. The van der Waals surface area contributed by atoms with Crippen LogP contribution < -0.4 is 14.9 Å². The molecule has 2 aromatic rings. The molecule has 0 bridgehead atoms. The minimum atomic E-state index is -0.338. The number of amides is 1. The van der Waals surface area contributed by atoms with Gasteiger partial charge in [-0.05, 0) is 52.7 Å². The number of rotatable bonds is 7. The molecule has 130 valence electrons. The highest BCUT2D eigenvalue weighted by molar-refractivity contribution is 9.10. The molecular formula is C19H19BrN2O3. The Hall–Kier alpha value is -2.60. The van der Waals surface area contributed by atoms with Crippen LogP contribution in [0.15, 0.2) is 64.2 Å². The van der Waals surface area contributed by atoms with Crippen LogP contribution in [0.25, 0.3) is 6.08 Å². The van der Waals surface area contributed by atoms with E-state index in [0.29, 0.717) is 21.7 Å². The zero-order valence-electron chi connectivity index (χ0n) is 14.0. The number of methoxy groups -OCH3 is 1. The number of hydrogen-bond acceptors (Lipinski definition) is 4. The Kier molecular flexibility index (Phi) is 7.22. The van der Waals surface area contributed by atoms with Crippen molar-refractivity contribution in [2.24, 2.45) is 5.10 Å². The van der Waals surface area contributed by atoms with Crippen LogP contribution >= 0.6 is 15.9 Å². The van der Waals surface area contributed by atoms with Gasteiger partial charge in [-0.15, -0.1) is 0 Å². The largest absolute Gasteiger partial charge is 0.497 e. The van der Waals surface area contributed by atoms with E-state index in [1.807, 2.05) is 42.5 Å².